The molecule has 0 aliphatic heterocycles. The fourth-order valence-corrected chi connectivity index (χ4v) is 4.87. The van der Waals surface area contributed by atoms with Crippen LogP contribution in [0, 0.1) is 9.98 Å². The second kappa shape index (κ2) is 8.76. The van der Waals surface area contributed by atoms with E-state index in [1.54, 1.807) is 30.4 Å². The normalized spacial score (nSPS) is 12.2. The van der Waals surface area contributed by atoms with E-state index in [0.29, 0.717) is 12.0 Å². The van der Waals surface area contributed by atoms with Crippen molar-refractivity contribution in [3.05, 3.63) is 88.0 Å². The fraction of sp³-hybridized carbons (Fsp3) is 0.143. The molecule has 0 spiro atoms. The van der Waals surface area contributed by atoms with Crippen molar-refractivity contribution in [2.45, 2.75) is 13.3 Å². The minimum absolute atomic E-state index is 0.00194. The van der Waals surface area contributed by atoms with Gasteiger partial charge in [0.15, 0.2) is 6.26 Å². The van der Waals surface area contributed by atoms with Gasteiger partial charge >= 0.3 is 17.7 Å². The average Bonchev–Trinajstić information content (AvgIpc) is 3.07. The number of hydrogen-bond donors (Lipinski definition) is 0. The number of rotatable bonds is 5. The summed E-state index contributed by atoms with van der Waals surface area (Å²) in [5.41, 5.74) is 3.59. The van der Waals surface area contributed by atoms with Crippen LogP contribution in [0.4, 0.5) is 0 Å². The molecule has 4 rings (SSSR count). The lowest BCUT2D eigenvalue weighted by molar-refractivity contribution is -0.713. The van der Waals surface area contributed by atoms with Crippen molar-refractivity contribution in [3.63, 3.8) is 0 Å². The van der Waals surface area contributed by atoms with Gasteiger partial charge in [0.1, 0.15) is 5.01 Å². The molecule has 146 valence electrons. The van der Waals surface area contributed by atoms with Crippen LogP contribution in [0.1, 0.15) is 18.1 Å². The van der Waals surface area contributed by atoms with Gasteiger partial charge in [0, 0.05) is 12.0 Å². The molecule has 0 saturated carbocycles. The Kier molecular flexibility index (Phi) is 5.92. The molecule has 8 heteroatoms. The predicted molar refractivity (Wildman–Crippen MR) is 112 cm³/mol. The highest BCUT2D eigenvalue weighted by molar-refractivity contribution is 7.35. The first-order valence-corrected chi connectivity index (χ1v) is 11.1. The van der Waals surface area contributed by atoms with Gasteiger partial charge in [-0.1, -0.05) is 36.4 Å². The smallest absolute Gasteiger partial charge is 0.504 e. The van der Waals surface area contributed by atoms with Gasteiger partial charge in [-0.25, -0.2) is 4.98 Å². The van der Waals surface area contributed by atoms with Crippen molar-refractivity contribution in [2.24, 2.45) is 0 Å². The lowest BCUT2D eigenvalue weighted by atomic mass is 10.1. The number of hydrogen-bond acceptors (Lipinski definition) is 6. The fourth-order valence-electron chi connectivity index (χ4n) is 2.97. The van der Waals surface area contributed by atoms with E-state index < -0.39 is 8.00 Å². The van der Waals surface area contributed by atoms with Crippen molar-refractivity contribution < 1.29 is 18.5 Å². The Balaban J connectivity index is 1.68. The molecule has 1 atom stereocenters. The summed E-state index contributed by atoms with van der Waals surface area (Å²) in [4.78, 5) is 29.2. The topological polar surface area (TPSA) is 81.3 Å². The number of para-hydroxylation sites is 1. The summed E-state index contributed by atoms with van der Waals surface area (Å²) in [6.07, 6.45) is 1.68. The number of nitrogens with zero attached hydrogens (tertiary/aromatic N) is 2. The minimum atomic E-state index is -2.31. The summed E-state index contributed by atoms with van der Waals surface area (Å²) in [6, 6.07) is 19.4. The summed E-state index contributed by atoms with van der Waals surface area (Å²) in [7, 11) is -2.31. The first kappa shape index (κ1) is 19.6. The zero-order valence-electron chi connectivity index (χ0n) is 15.6. The molecule has 0 amide bonds. The van der Waals surface area contributed by atoms with Gasteiger partial charge in [-0.05, 0) is 36.8 Å². The number of benzene rings is 2. The molecule has 0 saturated heterocycles. The molecular formula is C21H18N2O4PS+. The Hall–Kier alpha value is -2.70. The molecular weight excluding hydrogens is 407 g/mol. The van der Waals surface area contributed by atoms with Crippen LogP contribution < -0.4 is 9.49 Å². The minimum Gasteiger partial charge on any atom is -0.597 e. The van der Waals surface area contributed by atoms with E-state index >= 15 is 0 Å². The summed E-state index contributed by atoms with van der Waals surface area (Å²) >= 11 is 1.65. The molecule has 1 unspecified atom stereocenters. The zero-order valence-corrected chi connectivity index (χ0v) is 17.4. The summed E-state index contributed by atoms with van der Waals surface area (Å²) < 4.78 is 11.5. The highest BCUT2D eigenvalue weighted by Crippen LogP contribution is 2.30. The molecule has 0 bridgehead atoms. The van der Waals surface area contributed by atoms with E-state index in [2.05, 4.69) is 11.1 Å². The Morgan fingerprint density at radius 3 is 2.69 bits per heavy atom. The molecule has 0 fully saturated rings. The molecule has 6 nitrogen and oxygen atoms in total. The standard InChI is InChI=1S/C21H18N2O4PS/c1-2-27-28(25)21-17(6-5-13-26-23(21)24)14-15-9-11-16(12-10-15)20-22-18-7-3-4-8-19(18)29-20/h3-13H,2,14H2,1H3/q+1. The molecule has 2 heterocycles. The maximum atomic E-state index is 12.4. The van der Waals surface area contributed by atoms with E-state index in [-0.39, 0.29) is 16.3 Å². The maximum absolute atomic E-state index is 12.4. The van der Waals surface area contributed by atoms with Crippen LogP contribution in [0.15, 0.2) is 71.4 Å². The first-order valence-electron chi connectivity index (χ1n) is 9.08. The van der Waals surface area contributed by atoms with E-state index in [9.17, 15) is 9.80 Å². The van der Waals surface area contributed by atoms with Crippen molar-refractivity contribution in [1.82, 2.24) is 4.98 Å². The quantitative estimate of drug-likeness (QED) is 0.445. The third-order valence-corrected chi connectivity index (χ3v) is 6.68. The van der Waals surface area contributed by atoms with E-state index in [4.69, 9.17) is 9.05 Å². The van der Waals surface area contributed by atoms with Crippen molar-refractivity contribution in [1.29, 1.82) is 0 Å². The molecule has 0 N–H and O–H groups in total. The largest absolute Gasteiger partial charge is 0.597 e. The van der Waals surface area contributed by atoms with Crippen LogP contribution in [-0.4, -0.2) is 11.6 Å². The molecule has 0 radical (unpaired) electrons. The van der Waals surface area contributed by atoms with Crippen molar-refractivity contribution >= 4 is 29.6 Å². The monoisotopic (exact) mass is 425 g/mol. The zero-order chi connectivity index (χ0) is 20.2. The SMILES string of the molecule is CCO[P+]([O-])=c1c(Cc2ccc(-c3nc4ccccc4s3)cc2)ccco[n+]1=O. The number of aromatic nitrogens is 2. The molecule has 2 aromatic carbocycles. The Bertz CT molecular complexity index is 1250. The van der Waals surface area contributed by atoms with Crippen LogP contribution >= 0.6 is 19.3 Å². The molecule has 2 aromatic heterocycles. The second-order valence-corrected chi connectivity index (χ2v) is 8.47. The Morgan fingerprint density at radius 2 is 1.93 bits per heavy atom. The third kappa shape index (κ3) is 4.33. The predicted octanol–water partition coefficient (Wildman–Crippen LogP) is 4.30. The molecule has 0 aliphatic carbocycles. The maximum Gasteiger partial charge on any atom is 0.504 e. The van der Waals surface area contributed by atoms with Crippen molar-refractivity contribution in [2.75, 3.05) is 6.61 Å². The number of thiazole rings is 1. The van der Waals surface area contributed by atoms with Gasteiger partial charge in [0.25, 0.3) is 0 Å². The summed E-state index contributed by atoms with van der Waals surface area (Å²) in [5, 5.41) is 0.960. The second-order valence-electron chi connectivity index (χ2n) is 6.24. The van der Waals surface area contributed by atoms with Gasteiger partial charge in [-0.15, -0.1) is 11.3 Å². The number of fused-ring (bicyclic) bond motifs is 1. The molecule has 0 aliphatic rings. The van der Waals surface area contributed by atoms with Crippen LogP contribution in [-0.2, 0) is 10.9 Å². The lowest BCUT2D eigenvalue weighted by Gasteiger charge is -2.00. The summed E-state index contributed by atoms with van der Waals surface area (Å²) in [5.74, 6) is 0. The van der Waals surface area contributed by atoms with E-state index in [1.165, 1.54) is 6.26 Å². The van der Waals surface area contributed by atoms with Gasteiger partial charge in [-0.2, -0.15) is 9.05 Å². The first-order chi connectivity index (χ1) is 14.2. The van der Waals surface area contributed by atoms with Crippen molar-refractivity contribution in [3.8, 4) is 10.6 Å². The van der Waals surface area contributed by atoms with Gasteiger partial charge < -0.3 is 4.89 Å². The third-order valence-electron chi connectivity index (χ3n) is 4.30. The van der Waals surface area contributed by atoms with Gasteiger partial charge in [-0.3, -0.25) is 0 Å². The molecule has 4 aromatic rings. The summed E-state index contributed by atoms with van der Waals surface area (Å²) in [6.45, 7) is 1.97. The van der Waals surface area contributed by atoms with Crippen LogP contribution in [0.25, 0.3) is 20.8 Å². The Labute approximate surface area is 171 Å². The highest BCUT2D eigenvalue weighted by atomic mass is 32.1. The molecule has 29 heavy (non-hydrogen) atoms. The lowest BCUT2D eigenvalue weighted by Crippen LogP contribution is -2.16. The van der Waals surface area contributed by atoms with E-state index in [0.717, 1.165) is 26.4 Å². The van der Waals surface area contributed by atoms with Crippen LogP contribution in [0.5, 0.6) is 0 Å². The average molecular weight is 425 g/mol. The van der Waals surface area contributed by atoms with E-state index in [1.807, 2.05) is 42.5 Å². The van der Waals surface area contributed by atoms with Crippen LogP contribution in [0.2, 0.25) is 0 Å². The van der Waals surface area contributed by atoms with Gasteiger partial charge in [0.2, 0.25) is 0 Å². The highest BCUT2D eigenvalue weighted by Gasteiger charge is 2.20. The van der Waals surface area contributed by atoms with Gasteiger partial charge in [0.05, 0.1) is 27.3 Å². The Morgan fingerprint density at radius 1 is 1.14 bits per heavy atom. The van der Waals surface area contributed by atoms with Crippen LogP contribution in [0.3, 0.4) is 0 Å².